The average Bonchev–Trinajstić information content (AvgIpc) is 2.43. The van der Waals surface area contributed by atoms with E-state index in [1.54, 1.807) is 0 Å². The van der Waals surface area contributed by atoms with Gasteiger partial charge in [0.2, 0.25) is 0 Å². The molecule has 0 spiro atoms. The van der Waals surface area contributed by atoms with Gasteiger partial charge in [-0.2, -0.15) is 0 Å². The molecule has 21 heavy (non-hydrogen) atoms. The number of unbranched alkanes of at least 4 members (excludes halogenated alkanes) is 3. The molecule has 0 aliphatic heterocycles. The SMILES string of the molecule is NC(=O)c1c(F)ccc(OCCCCC/C=C\CCl)c1F. The van der Waals surface area contributed by atoms with Crippen LogP contribution in [0.3, 0.4) is 0 Å². The minimum atomic E-state index is -1.15. The van der Waals surface area contributed by atoms with Crippen LogP contribution in [-0.2, 0) is 0 Å². The Morgan fingerprint density at radius 3 is 2.67 bits per heavy atom. The predicted octanol–water partition coefficient (Wildman–Crippen LogP) is 3.80. The Balaban J connectivity index is 2.41. The number of hydrogen-bond donors (Lipinski definition) is 1. The summed E-state index contributed by atoms with van der Waals surface area (Å²) in [5.74, 6) is -2.84. The van der Waals surface area contributed by atoms with E-state index in [1.807, 2.05) is 12.2 Å². The van der Waals surface area contributed by atoms with Crippen LogP contribution < -0.4 is 10.5 Å². The van der Waals surface area contributed by atoms with Crippen molar-refractivity contribution in [3.63, 3.8) is 0 Å². The Morgan fingerprint density at radius 1 is 1.24 bits per heavy atom. The molecule has 0 atom stereocenters. The number of alkyl halides is 1. The zero-order valence-electron chi connectivity index (χ0n) is 11.6. The van der Waals surface area contributed by atoms with E-state index < -0.39 is 23.1 Å². The normalized spacial score (nSPS) is 11.0. The molecule has 0 saturated carbocycles. The summed E-state index contributed by atoms with van der Waals surface area (Å²) < 4.78 is 32.3. The molecule has 1 rings (SSSR count). The minimum absolute atomic E-state index is 0.160. The van der Waals surface area contributed by atoms with Crippen molar-refractivity contribution < 1.29 is 18.3 Å². The first-order valence-electron chi connectivity index (χ1n) is 6.69. The average molecular weight is 318 g/mol. The van der Waals surface area contributed by atoms with Crippen molar-refractivity contribution in [3.05, 3.63) is 41.5 Å². The van der Waals surface area contributed by atoms with Crippen LogP contribution in [0.4, 0.5) is 8.78 Å². The predicted molar refractivity (Wildman–Crippen MR) is 78.7 cm³/mol. The Kier molecular flexibility index (Phi) is 7.75. The molecule has 0 saturated heterocycles. The van der Waals surface area contributed by atoms with E-state index in [0.29, 0.717) is 12.5 Å². The van der Waals surface area contributed by atoms with E-state index >= 15 is 0 Å². The maximum absolute atomic E-state index is 13.8. The van der Waals surface area contributed by atoms with E-state index in [1.165, 1.54) is 0 Å². The third-order valence-corrected chi connectivity index (χ3v) is 3.01. The van der Waals surface area contributed by atoms with Gasteiger partial charge in [-0.05, 0) is 37.8 Å². The van der Waals surface area contributed by atoms with Gasteiger partial charge >= 0.3 is 0 Å². The van der Waals surface area contributed by atoms with Crippen molar-refractivity contribution in [1.29, 1.82) is 0 Å². The van der Waals surface area contributed by atoms with Gasteiger partial charge in [0.25, 0.3) is 5.91 Å². The number of primary amides is 1. The lowest BCUT2D eigenvalue weighted by atomic mass is 10.1. The zero-order chi connectivity index (χ0) is 15.7. The summed E-state index contributed by atoms with van der Waals surface area (Å²) in [6.45, 7) is 0.292. The number of allylic oxidation sites excluding steroid dienone is 2. The molecule has 0 aliphatic carbocycles. The van der Waals surface area contributed by atoms with Crippen molar-refractivity contribution in [3.8, 4) is 5.75 Å². The number of carbonyl (C=O) groups excluding carboxylic acids is 1. The van der Waals surface area contributed by atoms with Crippen molar-refractivity contribution in [2.75, 3.05) is 12.5 Å². The van der Waals surface area contributed by atoms with Gasteiger partial charge in [0.15, 0.2) is 11.6 Å². The highest BCUT2D eigenvalue weighted by Gasteiger charge is 2.18. The molecule has 1 aromatic carbocycles. The van der Waals surface area contributed by atoms with E-state index in [0.717, 1.165) is 37.8 Å². The summed E-state index contributed by atoms with van der Waals surface area (Å²) in [5.41, 5.74) is 4.16. The van der Waals surface area contributed by atoms with Crippen LogP contribution in [0.5, 0.6) is 5.75 Å². The summed E-state index contributed by atoms with van der Waals surface area (Å²) in [6, 6.07) is 2.12. The van der Waals surface area contributed by atoms with Crippen molar-refractivity contribution in [1.82, 2.24) is 0 Å². The van der Waals surface area contributed by atoms with Crippen LogP contribution in [0.15, 0.2) is 24.3 Å². The van der Waals surface area contributed by atoms with Gasteiger partial charge in [0.1, 0.15) is 11.4 Å². The Morgan fingerprint density at radius 2 is 2.00 bits per heavy atom. The first-order valence-corrected chi connectivity index (χ1v) is 7.23. The van der Waals surface area contributed by atoms with Gasteiger partial charge in [0.05, 0.1) is 6.61 Å². The van der Waals surface area contributed by atoms with Crippen molar-refractivity contribution in [2.45, 2.75) is 25.7 Å². The lowest BCUT2D eigenvalue weighted by Gasteiger charge is -2.09. The maximum Gasteiger partial charge on any atom is 0.254 e. The molecule has 1 amide bonds. The molecular weight excluding hydrogens is 300 g/mol. The van der Waals surface area contributed by atoms with Crippen LogP contribution in [0.1, 0.15) is 36.0 Å². The molecule has 0 fully saturated rings. The van der Waals surface area contributed by atoms with Crippen LogP contribution in [-0.4, -0.2) is 18.4 Å². The van der Waals surface area contributed by atoms with Gasteiger partial charge in [-0.25, -0.2) is 8.78 Å². The summed E-state index contributed by atoms with van der Waals surface area (Å²) in [6.07, 6.45) is 7.46. The fourth-order valence-corrected chi connectivity index (χ4v) is 1.90. The van der Waals surface area contributed by atoms with E-state index in [4.69, 9.17) is 22.1 Å². The summed E-state index contributed by atoms with van der Waals surface area (Å²) in [5, 5.41) is 0. The number of halogens is 3. The van der Waals surface area contributed by atoms with Gasteiger partial charge in [0, 0.05) is 5.88 Å². The van der Waals surface area contributed by atoms with Gasteiger partial charge in [-0.1, -0.05) is 12.2 Å². The molecule has 3 nitrogen and oxygen atoms in total. The second-order valence-electron chi connectivity index (χ2n) is 4.42. The van der Waals surface area contributed by atoms with Gasteiger partial charge < -0.3 is 10.5 Å². The quantitative estimate of drug-likeness (QED) is 0.428. The van der Waals surface area contributed by atoms with Crippen LogP contribution in [0.25, 0.3) is 0 Å². The van der Waals surface area contributed by atoms with Crippen molar-refractivity contribution in [2.24, 2.45) is 5.73 Å². The molecule has 0 aromatic heterocycles. The number of carbonyl (C=O) groups is 1. The lowest BCUT2D eigenvalue weighted by molar-refractivity contribution is 0.0991. The molecular formula is C15H18ClF2NO2. The highest BCUT2D eigenvalue weighted by atomic mass is 35.5. The molecule has 0 bridgehead atoms. The number of hydrogen-bond acceptors (Lipinski definition) is 2. The summed E-state index contributed by atoms with van der Waals surface area (Å²) >= 11 is 5.49. The highest BCUT2D eigenvalue weighted by Crippen LogP contribution is 2.23. The smallest absolute Gasteiger partial charge is 0.254 e. The first kappa shape index (κ1) is 17.4. The summed E-state index contributed by atoms with van der Waals surface area (Å²) in [4.78, 5) is 11.0. The highest BCUT2D eigenvalue weighted by molar-refractivity contribution is 6.18. The first-order chi connectivity index (χ1) is 10.1. The Bertz CT molecular complexity index is 507. The molecule has 2 N–H and O–H groups in total. The number of ether oxygens (including phenoxy) is 1. The van der Waals surface area contributed by atoms with Crippen LogP contribution in [0, 0.1) is 11.6 Å². The zero-order valence-corrected chi connectivity index (χ0v) is 12.3. The number of nitrogens with two attached hydrogens (primary N) is 1. The fourth-order valence-electron chi connectivity index (χ4n) is 1.77. The van der Waals surface area contributed by atoms with Gasteiger partial charge in [-0.3, -0.25) is 4.79 Å². The molecule has 116 valence electrons. The molecule has 0 unspecified atom stereocenters. The molecule has 6 heteroatoms. The monoisotopic (exact) mass is 317 g/mol. The Labute approximate surface area is 127 Å². The third kappa shape index (κ3) is 5.71. The molecule has 0 heterocycles. The third-order valence-electron chi connectivity index (χ3n) is 2.83. The maximum atomic E-state index is 13.8. The molecule has 0 radical (unpaired) electrons. The van der Waals surface area contributed by atoms with Crippen LogP contribution in [0.2, 0.25) is 0 Å². The topological polar surface area (TPSA) is 52.3 Å². The van der Waals surface area contributed by atoms with Crippen LogP contribution >= 0.6 is 11.6 Å². The van der Waals surface area contributed by atoms with Gasteiger partial charge in [-0.15, -0.1) is 11.6 Å². The molecule has 1 aromatic rings. The largest absolute Gasteiger partial charge is 0.490 e. The standard InChI is InChI=1S/C15H18ClF2NO2/c16-9-5-3-1-2-4-6-10-21-12-8-7-11(17)13(14(12)18)15(19)20/h3,5,7-8H,1-2,4,6,9-10H2,(H2,19,20)/b5-3-. The number of amides is 1. The summed E-state index contributed by atoms with van der Waals surface area (Å²) in [7, 11) is 0. The van der Waals surface area contributed by atoms with E-state index in [-0.39, 0.29) is 5.75 Å². The Hall–Kier alpha value is -1.62. The van der Waals surface area contributed by atoms with E-state index in [9.17, 15) is 13.6 Å². The second kappa shape index (κ2) is 9.34. The van der Waals surface area contributed by atoms with Crippen molar-refractivity contribution >= 4 is 17.5 Å². The second-order valence-corrected chi connectivity index (χ2v) is 4.73. The minimum Gasteiger partial charge on any atom is -0.490 e. The molecule has 0 aliphatic rings. The fraction of sp³-hybridized carbons (Fsp3) is 0.400. The van der Waals surface area contributed by atoms with E-state index in [2.05, 4.69) is 0 Å². The number of rotatable bonds is 9. The lowest BCUT2D eigenvalue weighted by Crippen LogP contribution is -2.16. The number of benzene rings is 1.